The van der Waals surface area contributed by atoms with Gasteiger partial charge in [0.15, 0.2) is 0 Å². The number of carbonyl (C=O) groups is 2. The fourth-order valence-corrected chi connectivity index (χ4v) is 4.49. The fraction of sp³-hybridized carbons (Fsp3) is 0.667. The zero-order chi connectivity index (χ0) is 20.8. The van der Waals surface area contributed by atoms with Crippen molar-refractivity contribution in [3.8, 4) is 0 Å². The first-order chi connectivity index (χ1) is 14.0. The van der Waals surface area contributed by atoms with Crippen molar-refractivity contribution in [2.75, 3.05) is 26.2 Å². The van der Waals surface area contributed by atoms with Gasteiger partial charge in [-0.05, 0) is 44.1 Å². The number of likely N-dealkylation sites (tertiary alicyclic amines) is 2. The second-order valence-corrected chi connectivity index (χ2v) is 8.78. The molecule has 29 heavy (non-hydrogen) atoms. The van der Waals surface area contributed by atoms with Crippen molar-refractivity contribution in [2.24, 2.45) is 11.8 Å². The summed E-state index contributed by atoms with van der Waals surface area (Å²) in [5.41, 5.74) is 2.46. The fourth-order valence-electron chi connectivity index (χ4n) is 4.49. The summed E-state index contributed by atoms with van der Waals surface area (Å²) in [6, 6.07) is 8.46. The molecule has 5 nitrogen and oxygen atoms in total. The average molecular weight is 401 g/mol. The third-order valence-electron chi connectivity index (χ3n) is 6.40. The minimum absolute atomic E-state index is 0.0469. The molecule has 0 bridgehead atoms. The van der Waals surface area contributed by atoms with Crippen LogP contribution in [-0.2, 0) is 20.9 Å². The number of benzene rings is 1. The summed E-state index contributed by atoms with van der Waals surface area (Å²) in [4.78, 5) is 29.2. The maximum atomic E-state index is 13.1. The number of ether oxygens (including phenoxy) is 1. The van der Waals surface area contributed by atoms with Gasteiger partial charge in [0.2, 0.25) is 11.8 Å². The Bertz CT molecular complexity index is 680. The van der Waals surface area contributed by atoms with Crippen molar-refractivity contribution in [3.63, 3.8) is 0 Å². The first kappa shape index (κ1) is 21.8. The van der Waals surface area contributed by atoms with E-state index in [0.717, 1.165) is 45.3 Å². The van der Waals surface area contributed by atoms with E-state index in [0.29, 0.717) is 19.6 Å². The Labute approximate surface area is 175 Å². The van der Waals surface area contributed by atoms with Crippen LogP contribution in [0.1, 0.15) is 57.1 Å². The van der Waals surface area contributed by atoms with Crippen LogP contribution in [0.2, 0.25) is 0 Å². The van der Waals surface area contributed by atoms with Crippen molar-refractivity contribution in [1.82, 2.24) is 9.80 Å². The number of amides is 2. The normalized spacial score (nSPS) is 23.3. The van der Waals surface area contributed by atoms with Crippen molar-refractivity contribution in [1.29, 1.82) is 0 Å². The van der Waals surface area contributed by atoms with E-state index in [1.54, 1.807) is 0 Å². The zero-order valence-electron chi connectivity index (χ0n) is 18.2. The highest BCUT2D eigenvalue weighted by Gasteiger charge is 2.36. The van der Waals surface area contributed by atoms with Crippen LogP contribution in [0.3, 0.4) is 0 Å². The van der Waals surface area contributed by atoms with Crippen molar-refractivity contribution < 1.29 is 14.3 Å². The van der Waals surface area contributed by atoms with Crippen LogP contribution in [0.15, 0.2) is 24.3 Å². The summed E-state index contributed by atoms with van der Waals surface area (Å²) in [5.74, 6) is 0.784. The molecule has 2 saturated heterocycles. The van der Waals surface area contributed by atoms with Gasteiger partial charge in [-0.2, -0.15) is 0 Å². The lowest BCUT2D eigenvalue weighted by Crippen LogP contribution is -2.50. The van der Waals surface area contributed by atoms with Crippen LogP contribution in [0.25, 0.3) is 0 Å². The minimum Gasteiger partial charge on any atom is -0.373 e. The molecule has 0 radical (unpaired) electrons. The highest BCUT2D eigenvalue weighted by molar-refractivity contribution is 5.80. The zero-order valence-corrected chi connectivity index (χ0v) is 18.2. The lowest BCUT2D eigenvalue weighted by molar-refractivity contribution is -0.145. The first-order valence-corrected chi connectivity index (χ1v) is 11.2. The van der Waals surface area contributed by atoms with E-state index in [2.05, 4.69) is 38.1 Å². The van der Waals surface area contributed by atoms with Crippen LogP contribution in [-0.4, -0.2) is 53.9 Å². The molecule has 0 spiro atoms. The van der Waals surface area contributed by atoms with E-state index < -0.39 is 0 Å². The SMILES string of the molecule is CCCC(=O)N1CC[C@H](C(=O)N2CCC(OCc3ccc(C)cc3)CC2)[C@@H](C)C1. The molecule has 0 saturated carbocycles. The highest BCUT2D eigenvalue weighted by atomic mass is 16.5. The van der Waals surface area contributed by atoms with Gasteiger partial charge in [-0.15, -0.1) is 0 Å². The molecule has 5 heteroatoms. The number of carbonyl (C=O) groups excluding carboxylic acids is 2. The van der Waals surface area contributed by atoms with Crippen molar-refractivity contribution in [3.05, 3.63) is 35.4 Å². The van der Waals surface area contributed by atoms with Gasteiger partial charge >= 0.3 is 0 Å². The van der Waals surface area contributed by atoms with Gasteiger partial charge in [-0.1, -0.05) is 43.7 Å². The topological polar surface area (TPSA) is 49.9 Å². The van der Waals surface area contributed by atoms with E-state index in [-0.39, 0.29) is 29.8 Å². The third kappa shape index (κ3) is 5.81. The number of piperidine rings is 2. The lowest BCUT2D eigenvalue weighted by atomic mass is 9.85. The van der Waals surface area contributed by atoms with Crippen LogP contribution in [0.4, 0.5) is 0 Å². The van der Waals surface area contributed by atoms with Gasteiger partial charge in [-0.25, -0.2) is 0 Å². The molecule has 0 aliphatic carbocycles. The van der Waals surface area contributed by atoms with Gasteiger partial charge in [0.05, 0.1) is 12.7 Å². The molecule has 2 aliphatic heterocycles. The van der Waals surface area contributed by atoms with E-state index in [9.17, 15) is 9.59 Å². The molecule has 0 unspecified atom stereocenters. The second-order valence-electron chi connectivity index (χ2n) is 8.78. The van der Waals surface area contributed by atoms with Crippen LogP contribution in [0, 0.1) is 18.8 Å². The Morgan fingerprint density at radius 2 is 1.69 bits per heavy atom. The first-order valence-electron chi connectivity index (χ1n) is 11.2. The Morgan fingerprint density at radius 3 is 2.31 bits per heavy atom. The predicted molar refractivity (Wildman–Crippen MR) is 114 cm³/mol. The average Bonchev–Trinajstić information content (AvgIpc) is 2.73. The molecule has 160 valence electrons. The summed E-state index contributed by atoms with van der Waals surface area (Å²) >= 11 is 0. The van der Waals surface area contributed by atoms with E-state index >= 15 is 0 Å². The molecular formula is C24H36N2O3. The molecule has 0 N–H and O–H groups in total. The van der Waals surface area contributed by atoms with Gasteiger partial charge in [0.25, 0.3) is 0 Å². The molecule has 2 heterocycles. The van der Waals surface area contributed by atoms with E-state index in [1.165, 1.54) is 11.1 Å². The molecule has 2 aliphatic rings. The predicted octanol–water partition coefficient (Wildman–Crippen LogP) is 3.79. The Morgan fingerprint density at radius 1 is 1.03 bits per heavy atom. The van der Waals surface area contributed by atoms with Gasteiger partial charge in [0, 0.05) is 38.5 Å². The maximum absolute atomic E-state index is 13.1. The molecule has 2 atom stereocenters. The smallest absolute Gasteiger partial charge is 0.226 e. The van der Waals surface area contributed by atoms with E-state index in [4.69, 9.17) is 4.74 Å². The monoisotopic (exact) mass is 400 g/mol. The van der Waals surface area contributed by atoms with E-state index in [1.807, 2.05) is 16.7 Å². The quantitative estimate of drug-likeness (QED) is 0.730. The molecule has 2 amide bonds. The van der Waals surface area contributed by atoms with Gasteiger partial charge in [0.1, 0.15) is 0 Å². The largest absolute Gasteiger partial charge is 0.373 e. The molecule has 0 aromatic heterocycles. The molecule has 3 rings (SSSR count). The molecule has 2 fully saturated rings. The Kier molecular flexibility index (Phi) is 7.70. The van der Waals surface area contributed by atoms with Crippen molar-refractivity contribution in [2.45, 2.75) is 65.6 Å². The number of aryl methyl sites for hydroxylation is 1. The summed E-state index contributed by atoms with van der Waals surface area (Å²) < 4.78 is 6.08. The highest BCUT2D eigenvalue weighted by Crippen LogP contribution is 2.27. The molecule has 1 aromatic carbocycles. The second kappa shape index (κ2) is 10.2. The number of hydrogen-bond donors (Lipinski definition) is 0. The van der Waals surface area contributed by atoms with Crippen LogP contribution in [0.5, 0.6) is 0 Å². The summed E-state index contributed by atoms with van der Waals surface area (Å²) in [6.45, 7) is 9.86. The van der Waals surface area contributed by atoms with Gasteiger partial charge < -0.3 is 14.5 Å². The number of hydrogen-bond acceptors (Lipinski definition) is 3. The van der Waals surface area contributed by atoms with Gasteiger partial charge in [-0.3, -0.25) is 9.59 Å². The number of nitrogens with zero attached hydrogens (tertiary/aromatic N) is 2. The maximum Gasteiger partial charge on any atom is 0.226 e. The summed E-state index contributed by atoms with van der Waals surface area (Å²) in [5, 5.41) is 0. The third-order valence-corrected chi connectivity index (χ3v) is 6.40. The lowest BCUT2D eigenvalue weighted by Gasteiger charge is -2.40. The number of rotatable bonds is 6. The molecular weight excluding hydrogens is 364 g/mol. The standard InChI is InChI=1S/C24H36N2O3/c1-4-5-23(27)26-15-12-22(19(3)16-26)24(28)25-13-10-21(11-14-25)29-17-20-8-6-18(2)7-9-20/h6-9,19,21-22H,4-5,10-17H2,1-3H3/t19-,22-/m0/s1. The Hall–Kier alpha value is -1.88. The van der Waals surface area contributed by atoms with Crippen LogP contribution < -0.4 is 0 Å². The van der Waals surface area contributed by atoms with Crippen LogP contribution >= 0.6 is 0 Å². The minimum atomic E-state index is 0.0469. The summed E-state index contributed by atoms with van der Waals surface area (Å²) in [7, 11) is 0. The Balaban J connectivity index is 1.42. The summed E-state index contributed by atoms with van der Waals surface area (Å²) in [6.07, 6.45) is 4.32. The molecule has 1 aromatic rings. The van der Waals surface area contributed by atoms with Crippen molar-refractivity contribution >= 4 is 11.8 Å².